The van der Waals surface area contributed by atoms with Crippen LogP contribution in [0.3, 0.4) is 0 Å². The average Bonchev–Trinajstić information content (AvgIpc) is 1.37. The van der Waals surface area contributed by atoms with Crippen LogP contribution >= 0.6 is 0 Å². The summed E-state index contributed by atoms with van der Waals surface area (Å²) in [4.78, 5) is 46.3. The first-order valence-electron chi connectivity index (χ1n) is 32.0. The summed E-state index contributed by atoms with van der Waals surface area (Å²) in [6.07, 6.45) is 0.184. The molecule has 2 spiro atoms. The van der Waals surface area contributed by atoms with Crippen molar-refractivity contribution < 1.29 is 18.7 Å². The molecule has 6 aliphatic rings. The quantitative estimate of drug-likeness (QED) is 0.101. The van der Waals surface area contributed by atoms with Gasteiger partial charge in [-0.3, -0.25) is 19.1 Å². The van der Waals surface area contributed by atoms with Crippen molar-refractivity contribution >= 4 is 305 Å². The summed E-state index contributed by atoms with van der Waals surface area (Å²) in [5.74, 6) is -0.666. The van der Waals surface area contributed by atoms with Gasteiger partial charge in [0, 0.05) is 18.2 Å². The summed E-state index contributed by atoms with van der Waals surface area (Å²) in [5.41, 5.74) is 3.95. The molecule has 5 aliphatic carbocycles. The standard InChI is InChI=1S/C78H28N2O6Si/c1-10-8-80(75(83)79-73(10)81)13-7-11(86-87(5,6)76(2,3)4)12(85-13)9-84-74(82)72-77-68-60-52-42-32-24-16-14-15-18-22-20(16)28-36-30(22)40-34-26(18)27-19(15)23-21-17(14)25(24)33-39-29(21)37-31(23)41-35(27)45-44(34)54-48(40)58-50(36)56(46(52)38(28)32)64(68)66(58)70-62(54)63-55(45)49(41)59-51(37)57-47(39)53(43(33)42)61(60)69(77)65(57)67(59)71(63)78(70,72)77/h8,11-13,72H,7,9H2,1-6H3,(H,79,81,83)/t11-,12+,13+,72?,77?,78?/m0/s1. The van der Waals surface area contributed by atoms with Gasteiger partial charge >= 0.3 is 11.7 Å². The molecule has 390 valence electrons. The number of nitrogens with zero attached hydrogens (tertiary/aromatic N) is 1. The van der Waals surface area contributed by atoms with Crippen LogP contribution < -0.4 is 11.2 Å². The largest absolute Gasteiger partial charge is 0.463 e. The van der Waals surface area contributed by atoms with E-state index in [2.05, 4.69) is 38.8 Å². The van der Waals surface area contributed by atoms with Gasteiger partial charge < -0.3 is 13.9 Å². The van der Waals surface area contributed by atoms with E-state index >= 15 is 4.79 Å². The number of benzene rings is 18. The van der Waals surface area contributed by atoms with Gasteiger partial charge in [-0.1, -0.05) is 20.8 Å². The van der Waals surface area contributed by atoms with E-state index in [0.29, 0.717) is 12.0 Å². The number of esters is 1. The second-order valence-corrected chi connectivity index (χ2v) is 36.9. The highest BCUT2D eigenvalue weighted by Gasteiger charge is 2.89. The lowest BCUT2D eigenvalue weighted by Gasteiger charge is -2.39. The van der Waals surface area contributed by atoms with Crippen LogP contribution in [0, 0.1) is 12.8 Å². The zero-order valence-electron chi connectivity index (χ0n) is 46.7. The zero-order chi connectivity index (χ0) is 54.6. The second-order valence-electron chi connectivity index (χ2n) is 32.2. The van der Waals surface area contributed by atoms with Crippen molar-refractivity contribution in [2.24, 2.45) is 5.92 Å². The number of aromatic amines is 1. The number of aromatic nitrogens is 2. The zero-order valence-corrected chi connectivity index (χ0v) is 47.7. The number of H-pyrrole nitrogens is 1. The number of rotatable bonds is 6. The predicted octanol–water partition coefficient (Wildman–Crippen LogP) is 18.0. The van der Waals surface area contributed by atoms with Gasteiger partial charge in [-0.15, -0.1) is 0 Å². The Morgan fingerprint density at radius 3 is 0.977 bits per heavy atom. The van der Waals surface area contributed by atoms with Crippen molar-refractivity contribution in [1.82, 2.24) is 9.55 Å². The maximum absolute atomic E-state index is 17.3. The molecule has 1 N–H and O–H groups in total. The van der Waals surface area contributed by atoms with Crippen LogP contribution in [0.15, 0.2) is 15.8 Å². The van der Waals surface area contributed by atoms with Crippen LogP contribution in [0.1, 0.15) is 61.2 Å². The Morgan fingerprint density at radius 1 is 0.471 bits per heavy atom. The number of nitrogens with one attached hydrogen (secondary N) is 1. The third kappa shape index (κ3) is 2.33. The number of carbonyl (C=O) groups excluding carboxylic acids is 1. The Labute approximate surface area is 479 Å². The Balaban J connectivity index is 0.807. The smallest absolute Gasteiger partial charge is 0.330 e. The van der Waals surface area contributed by atoms with Gasteiger partial charge in [0.1, 0.15) is 18.9 Å². The number of hydrogen-bond donors (Lipinski definition) is 1. The minimum Gasteiger partial charge on any atom is -0.463 e. The average molecular weight is 1120 g/mol. The monoisotopic (exact) mass is 1120 g/mol. The molecule has 1 saturated carbocycles. The van der Waals surface area contributed by atoms with Gasteiger partial charge in [-0.25, -0.2) is 4.79 Å². The van der Waals surface area contributed by atoms with E-state index in [1.54, 1.807) is 164 Å². The molecule has 1 saturated heterocycles. The molecule has 9 heteroatoms. The summed E-state index contributed by atoms with van der Waals surface area (Å²) >= 11 is 0. The molecule has 28 aromatic carbocycles. The molecule has 0 amide bonds. The summed E-state index contributed by atoms with van der Waals surface area (Å²) < 4.78 is 23.1. The third-order valence-corrected chi connectivity index (χ3v) is 34.3. The van der Waals surface area contributed by atoms with Gasteiger partial charge in [-0.2, -0.15) is 0 Å². The molecule has 1 aliphatic heterocycles. The Kier molecular flexibility index (Phi) is 3.81. The minimum atomic E-state index is -2.44. The van der Waals surface area contributed by atoms with Crippen molar-refractivity contribution in [3.05, 3.63) is 54.9 Å². The molecule has 2 heterocycles. The van der Waals surface area contributed by atoms with Gasteiger partial charge in [0.15, 0.2) is 8.32 Å². The van der Waals surface area contributed by atoms with Crippen molar-refractivity contribution in [2.75, 3.05) is 6.61 Å². The highest BCUT2D eigenvalue weighted by Crippen LogP contribution is 2.92. The SMILES string of the molecule is Cc1cn([C@H]2C[C@H](O[Si](C)(C)C(C)(C)C)[C@@H](COC(=O)C3C45c6c7c8c9c%10c%11c(c%12c%13c4c4c6c6c%14c7c7c8c8c%10c%10c%15c%11c%11c%12c%12c%13c%13c4c4c6c6c%14c%14c7c7c8c%10c8c%10c%15c%11c%11c%12c%12c%13c4c4c6c6c%14c7c8c7c%10c%11c%12c4c67)C935)O2)c(=O)[nH]c1=O. The Morgan fingerprint density at radius 2 is 0.724 bits per heavy atom. The van der Waals surface area contributed by atoms with Crippen LogP contribution in [-0.2, 0) is 29.5 Å². The van der Waals surface area contributed by atoms with E-state index in [1.165, 1.54) is 167 Å². The normalized spacial score (nSPS) is 24.9. The first kappa shape index (κ1) is 37.3. The van der Waals surface area contributed by atoms with E-state index in [1.807, 2.05) is 0 Å². The maximum Gasteiger partial charge on any atom is 0.330 e. The lowest BCUT2D eigenvalue weighted by molar-refractivity contribution is -0.152. The fourth-order valence-corrected chi connectivity index (χ4v) is 28.9. The summed E-state index contributed by atoms with van der Waals surface area (Å²) in [7, 11) is -2.44. The fraction of sp³-hybridized carbons (Fsp3) is 0.192. The number of aryl methyl sites for hydroxylation is 1. The van der Waals surface area contributed by atoms with E-state index in [9.17, 15) is 9.59 Å². The van der Waals surface area contributed by atoms with E-state index in [4.69, 9.17) is 13.9 Å². The Bertz CT molecular complexity index is 7730. The molecule has 0 bridgehead atoms. The summed E-state index contributed by atoms with van der Waals surface area (Å²) in [6.45, 7) is 13.0. The predicted molar refractivity (Wildman–Crippen MR) is 355 cm³/mol. The summed E-state index contributed by atoms with van der Waals surface area (Å²) in [6, 6.07) is 0. The second kappa shape index (κ2) is 8.87. The van der Waals surface area contributed by atoms with Crippen molar-refractivity contribution in [3.63, 3.8) is 0 Å². The van der Waals surface area contributed by atoms with Crippen LogP contribution in [0.2, 0.25) is 18.1 Å². The highest BCUT2D eigenvalue weighted by molar-refractivity contribution is 6.82. The van der Waals surface area contributed by atoms with Crippen LogP contribution in [0.4, 0.5) is 0 Å². The molecule has 0 unspecified atom stereocenters. The molecule has 1 aromatic heterocycles. The minimum absolute atomic E-state index is 0.00664. The lowest BCUT2D eigenvalue weighted by Crippen LogP contribution is -2.46. The van der Waals surface area contributed by atoms with Crippen LogP contribution in [0.25, 0.3) is 291 Å². The van der Waals surface area contributed by atoms with E-state index in [0.717, 1.165) is 0 Å². The van der Waals surface area contributed by atoms with E-state index in [-0.39, 0.29) is 17.6 Å². The molecule has 8 nitrogen and oxygen atoms in total. The molecule has 35 rings (SSSR count). The number of carbonyl (C=O) groups is 1. The van der Waals surface area contributed by atoms with Gasteiger partial charge in [0.25, 0.3) is 5.56 Å². The molecule has 3 atom stereocenters. The van der Waals surface area contributed by atoms with Crippen LogP contribution in [0.5, 0.6) is 0 Å². The summed E-state index contributed by atoms with van der Waals surface area (Å²) in [5, 5.41) is 82.7. The van der Waals surface area contributed by atoms with E-state index < -0.39 is 54.8 Å². The number of hydrogen-bond acceptors (Lipinski definition) is 6. The molecular formula is C78H28N2O6Si. The van der Waals surface area contributed by atoms with Crippen molar-refractivity contribution in [3.8, 4) is 0 Å². The Hall–Kier alpha value is -9.25. The molecule has 0 radical (unpaired) electrons. The van der Waals surface area contributed by atoms with Crippen LogP contribution in [-0.4, -0.2) is 42.7 Å². The van der Waals surface area contributed by atoms with Gasteiger partial charge in [0.05, 0.1) is 22.9 Å². The molecular weight excluding hydrogens is 1090 g/mol. The van der Waals surface area contributed by atoms with Gasteiger partial charge in [0.2, 0.25) is 0 Å². The lowest BCUT2D eigenvalue weighted by atomic mass is 9.68. The molecule has 87 heavy (non-hydrogen) atoms. The third-order valence-electron chi connectivity index (χ3n) is 29.7. The maximum atomic E-state index is 17.3. The van der Waals surface area contributed by atoms with Gasteiger partial charge in [-0.05, 0) is 338 Å². The highest BCUT2D eigenvalue weighted by atomic mass is 28.4. The fourth-order valence-electron chi connectivity index (χ4n) is 27.5. The topological polar surface area (TPSA) is 99.6 Å². The first-order valence-corrected chi connectivity index (χ1v) is 34.9. The molecule has 2 fully saturated rings. The molecule has 29 aromatic rings. The van der Waals surface area contributed by atoms with Crippen molar-refractivity contribution in [2.45, 2.75) is 81.5 Å². The first-order chi connectivity index (χ1) is 42.4. The van der Waals surface area contributed by atoms with Crippen molar-refractivity contribution in [1.29, 1.82) is 0 Å². The number of ether oxygens (including phenoxy) is 2.